The number of aromatic amines is 1. The molecule has 0 aliphatic rings. The van der Waals surface area contributed by atoms with Crippen molar-refractivity contribution in [3.8, 4) is 34.2 Å². The summed E-state index contributed by atoms with van der Waals surface area (Å²) < 4.78 is 0.218. The number of carbonyl (C=O) groups excluding carboxylic acids is 1. The molecule has 0 radical (unpaired) electrons. The van der Waals surface area contributed by atoms with Crippen LogP contribution in [-0.2, 0) is 0 Å². The summed E-state index contributed by atoms with van der Waals surface area (Å²) in [7, 11) is 0. The van der Waals surface area contributed by atoms with E-state index >= 15 is 0 Å². The second kappa shape index (κ2) is 9.19. The molecule has 0 fully saturated rings. The predicted octanol–water partition coefficient (Wildman–Crippen LogP) is 7.69. The SMILES string of the molecule is N#Cc1c(-c2ccc(Cl)cc2)c(C(=O)c2ccc3ccccc3c2O)c(-c2ccccc2)[nH]c1=S. The zero-order valence-corrected chi connectivity index (χ0v) is 19.8. The Morgan fingerprint density at radius 2 is 1.57 bits per heavy atom. The van der Waals surface area contributed by atoms with Crippen LogP contribution in [0, 0.1) is 16.0 Å². The van der Waals surface area contributed by atoms with Gasteiger partial charge in [0.05, 0.1) is 22.4 Å². The molecule has 0 atom stereocenters. The van der Waals surface area contributed by atoms with Crippen LogP contribution >= 0.6 is 23.8 Å². The van der Waals surface area contributed by atoms with Gasteiger partial charge in [-0.1, -0.05) is 96.6 Å². The number of carbonyl (C=O) groups is 1. The summed E-state index contributed by atoms with van der Waals surface area (Å²) >= 11 is 11.7. The number of benzene rings is 4. The third kappa shape index (κ3) is 4.00. The molecule has 0 saturated heterocycles. The Kier molecular flexibility index (Phi) is 5.92. The molecule has 168 valence electrons. The van der Waals surface area contributed by atoms with E-state index in [-0.39, 0.29) is 27.1 Å². The Bertz CT molecular complexity index is 1700. The summed E-state index contributed by atoms with van der Waals surface area (Å²) in [5.41, 5.74) is 2.75. The molecule has 1 aromatic heterocycles. The van der Waals surface area contributed by atoms with Gasteiger partial charge in [0.1, 0.15) is 16.5 Å². The Balaban J connectivity index is 1.89. The standard InChI is InChI=1S/C29H17ClN2O2S/c30-20-13-10-18(11-14-20)24-23(16-31)29(35)32-26(19-7-2-1-3-8-19)25(24)28(34)22-15-12-17-6-4-5-9-21(17)27(22)33/h1-15,33H,(H,32,35). The van der Waals surface area contributed by atoms with Crippen molar-refractivity contribution in [3.63, 3.8) is 0 Å². The average molecular weight is 493 g/mol. The van der Waals surface area contributed by atoms with Gasteiger partial charge in [0.2, 0.25) is 0 Å². The van der Waals surface area contributed by atoms with E-state index in [0.717, 1.165) is 10.9 Å². The number of phenolic OH excluding ortho intramolecular Hbond substituents is 1. The van der Waals surface area contributed by atoms with E-state index in [2.05, 4.69) is 11.1 Å². The Labute approximate surface area is 211 Å². The second-order valence-corrected chi connectivity index (χ2v) is 8.80. The molecule has 0 aliphatic carbocycles. The normalized spacial score (nSPS) is 10.7. The zero-order chi connectivity index (χ0) is 24.5. The monoisotopic (exact) mass is 492 g/mol. The van der Waals surface area contributed by atoms with E-state index in [1.807, 2.05) is 42.5 Å². The molecule has 0 spiro atoms. The van der Waals surface area contributed by atoms with Crippen LogP contribution in [0.1, 0.15) is 21.5 Å². The van der Waals surface area contributed by atoms with Gasteiger partial charge >= 0.3 is 0 Å². The molecule has 5 rings (SSSR count). The zero-order valence-electron chi connectivity index (χ0n) is 18.2. The lowest BCUT2D eigenvalue weighted by molar-refractivity contribution is 0.103. The lowest BCUT2D eigenvalue weighted by Crippen LogP contribution is -2.10. The highest BCUT2D eigenvalue weighted by molar-refractivity contribution is 7.71. The van der Waals surface area contributed by atoms with Crippen LogP contribution in [0.4, 0.5) is 0 Å². The first kappa shape index (κ1) is 22.5. The highest BCUT2D eigenvalue weighted by Crippen LogP contribution is 2.39. The van der Waals surface area contributed by atoms with E-state index in [1.165, 1.54) is 0 Å². The van der Waals surface area contributed by atoms with Gasteiger partial charge in [0.15, 0.2) is 5.78 Å². The van der Waals surface area contributed by atoms with Crippen molar-refractivity contribution in [2.45, 2.75) is 0 Å². The number of halogens is 1. The quantitative estimate of drug-likeness (QED) is 0.199. The summed E-state index contributed by atoms with van der Waals surface area (Å²) in [6.07, 6.45) is 0. The first-order chi connectivity index (χ1) is 17.0. The number of hydrogen-bond acceptors (Lipinski definition) is 4. The topological polar surface area (TPSA) is 76.9 Å². The van der Waals surface area contributed by atoms with Gasteiger partial charge in [-0.2, -0.15) is 5.26 Å². The van der Waals surface area contributed by atoms with Gasteiger partial charge < -0.3 is 10.1 Å². The summed E-state index contributed by atoms with van der Waals surface area (Å²) in [6.45, 7) is 0. The molecule has 2 N–H and O–H groups in total. The molecular weight excluding hydrogens is 476 g/mol. The van der Waals surface area contributed by atoms with Gasteiger partial charge in [0.25, 0.3) is 0 Å². The molecule has 1 heterocycles. The minimum atomic E-state index is -0.431. The number of aromatic nitrogens is 1. The van der Waals surface area contributed by atoms with Gasteiger partial charge in [0, 0.05) is 16.0 Å². The largest absolute Gasteiger partial charge is 0.507 e. The number of rotatable bonds is 4. The minimum Gasteiger partial charge on any atom is -0.507 e. The lowest BCUT2D eigenvalue weighted by Gasteiger charge is -2.18. The first-order valence-electron chi connectivity index (χ1n) is 10.8. The molecule has 5 aromatic rings. The number of phenols is 1. The molecule has 35 heavy (non-hydrogen) atoms. The molecular formula is C29H17ClN2O2S. The highest BCUT2D eigenvalue weighted by Gasteiger charge is 2.27. The predicted molar refractivity (Wildman–Crippen MR) is 141 cm³/mol. The van der Waals surface area contributed by atoms with Gasteiger partial charge in [-0.05, 0) is 34.7 Å². The molecule has 0 bridgehead atoms. The summed E-state index contributed by atoms with van der Waals surface area (Å²) in [4.78, 5) is 17.3. The first-order valence-corrected chi connectivity index (χ1v) is 11.6. The molecule has 6 heteroatoms. The minimum absolute atomic E-state index is 0.116. The van der Waals surface area contributed by atoms with Crippen molar-refractivity contribution in [3.05, 3.63) is 117 Å². The number of pyridine rings is 1. The van der Waals surface area contributed by atoms with Crippen molar-refractivity contribution in [1.82, 2.24) is 4.98 Å². The fraction of sp³-hybridized carbons (Fsp3) is 0. The van der Waals surface area contributed by atoms with Gasteiger partial charge in [-0.3, -0.25) is 4.79 Å². The van der Waals surface area contributed by atoms with Crippen molar-refractivity contribution < 1.29 is 9.90 Å². The van der Waals surface area contributed by atoms with Crippen LogP contribution in [0.3, 0.4) is 0 Å². The van der Waals surface area contributed by atoms with Crippen LogP contribution in [0.5, 0.6) is 5.75 Å². The maximum Gasteiger partial charge on any atom is 0.199 e. The molecule has 0 saturated carbocycles. The van der Waals surface area contributed by atoms with Crippen molar-refractivity contribution in [2.24, 2.45) is 0 Å². The molecule has 4 aromatic carbocycles. The van der Waals surface area contributed by atoms with E-state index in [9.17, 15) is 15.2 Å². The third-order valence-corrected chi connectivity index (χ3v) is 6.45. The smallest absolute Gasteiger partial charge is 0.199 e. The maximum absolute atomic E-state index is 14.2. The number of nitriles is 1. The maximum atomic E-state index is 14.2. The van der Waals surface area contributed by atoms with E-state index in [4.69, 9.17) is 23.8 Å². The Hall–Kier alpha value is -4.24. The molecule has 0 aliphatic heterocycles. The fourth-order valence-electron chi connectivity index (χ4n) is 4.24. The molecule has 0 amide bonds. The molecule has 4 nitrogen and oxygen atoms in total. The van der Waals surface area contributed by atoms with Gasteiger partial charge in [-0.25, -0.2) is 0 Å². The van der Waals surface area contributed by atoms with E-state index in [0.29, 0.717) is 27.2 Å². The Morgan fingerprint density at radius 3 is 2.29 bits per heavy atom. The second-order valence-electron chi connectivity index (χ2n) is 7.95. The number of nitrogens with zero attached hydrogens (tertiary/aromatic N) is 1. The fourth-order valence-corrected chi connectivity index (χ4v) is 4.61. The van der Waals surface area contributed by atoms with E-state index < -0.39 is 5.78 Å². The van der Waals surface area contributed by atoms with Crippen LogP contribution in [0.2, 0.25) is 5.02 Å². The van der Waals surface area contributed by atoms with Crippen molar-refractivity contribution in [2.75, 3.05) is 0 Å². The average Bonchev–Trinajstić information content (AvgIpc) is 2.89. The number of fused-ring (bicyclic) bond motifs is 1. The van der Waals surface area contributed by atoms with Crippen LogP contribution in [0.15, 0.2) is 91.0 Å². The third-order valence-electron chi connectivity index (χ3n) is 5.90. The summed E-state index contributed by atoms with van der Waals surface area (Å²) in [5.74, 6) is -0.546. The van der Waals surface area contributed by atoms with Crippen molar-refractivity contribution >= 4 is 40.4 Å². The number of H-pyrrole nitrogens is 1. The number of ketones is 1. The van der Waals surface area contributed by atoms with Crippen LogP contribution < -0.4 is 0 Å². The number of aromatic hydroxyl groups is 1. The summed E-state index contributed by atoms with van der Waals surface area (Å²) in [6, 6.07) is 29.1. The summed E-state index contributed by atoms with van der Waals surface area (Å²) in [5, 5.41) is 23.0. The Morgan fingerprint density at radius 1 is 0.886 bits per heavy atom. The van der Waals surface area contributed by atoms with Crippen LogP contribution in [-0.4, -0.2) is 15.9 Å². The number of nitrogens with one attached hydrogen (secondary N) is 1. The highest BCUT2D eigenvalue weighted by atomic mass is 35.5. The number of hydrogen-bond donors (Lipinski definition) is 2. The van der Waals surface area contributed by atoms with Crippen molar-refractivity contribution in [1.29, 1.82) is 5.26 Å². The van der Waals surface area contributed by atoms with Crippen LogP contribution in [0.25, 0.3) is 33.2 Å². The molecule has 0 unspecified atom stereocenters. The van der Waals surface area contributed by atoms with E-state index in [1.54, 1.807) is 48.5 Å². The lowest BCUT2D eigenvalue weighted by atomic mass is 9.87. The van der Waals surface area contributed by atoms with Gasteiger partial charge in [-0.15, -0.1) is 0 Å².